The van der Waals surface area contributed by atoms with E-state index in [4.69, 9.17) is 9.47 Å². The van der Waals surface area contributed by atoms with E-state index in [1.165, 1.54) is 11.3 Å². The number of hydrogen-bond donors (Lipinski definition) is 1. The normalized spacial score (nSPS) is 23.4. The lowest BCUT2D eigenvalue weighted by Gasteiger charge is -2.43. The standard InChI is InChI=1S/C19H25N3O2/c1-2-4-18(22-9-8-20-15-22)16(3-1)14-21-17-5-10-24-19(13-17)6-11-23-12-7-19/h1-4,8-9,15,17,21H,5-7,10-14H2. The van der Waals surface area contributed by atoms with Crippen LogP contribution in [0.3, 0.4) is 0 Å². The van der Waals surface area contributed by atoms with Crippen LogP contribution in [0, 0.1) is 0 Å². The minimum absolute atomic E-state index is 0.0397. The zero-order valence-electron chi connectivity index (χ0n) is 14.0. The van der Waals surface area contributed by atoms with E-state index < -0.39 is 0 Å². The van der Waals surface area contributed by atoms with Crippen LogP contribution >= 0.6 is 0 Å². The van der Waals surface area contributed by atoms with Gasteiger partial charge in [0.15, 0.2) is 0 Å². The number of hydrogen-bond acceptors (Lipinski definition) is 4. The fourth-order valence-electron chi connectivity index (χ4n) is 3.86. The molecule has 1 N–H and O–H groups in total. The van der Waals surface area contributed by atoms with Crippen LogP contribution in [0.1, 0.15) is 31.2 Å². The first-order valence-corrected chi connectivity index (χ1v) is 8.86. The van der Waals surface area contributed by atoms with Crippen molar-refractivity contribution in [1.82, 2.24) is 14.9 Å². The highest BCUT2D eigenvalue weighted by Gasteiger charge is 2.38. The summed E-state index contributed by atoms with van der Waals surface area (Å²) < 4.78 is 13.7. The number of nitrogens with one attached hydrogen (secondary N) is 1. The summed E-state index contributed by atoms with van der Waals surface area (Å²) in [5.41, 5.74) is 2.52. The van der Waals surface area contributed by atoms with Gasteiger partial charge >= 0.3 is 0 Å². The van der Waals surface area contributed by atoms with Crippen molar-refractivity contribution in [3.8, 4) is 5.69 Å². The number of imidazole rings is 1. The molecule has 2 saturated heterocycles. The van der Waals surface area contributed by atoms with Crippen molar-refractivity contribution in [3.63, 3.8) is 0 Å². The quantitative estimate of drug-likeness (QED) is 0.938. The summed E-state index contributed by atoms with van der Waals surface area (Å²) in [7, 11) is 0. The number of ether oxygens (including phenoxy) is 2. The van der Waals surface area contributed by atoms with Crippen molar-refractivity contribution in [1.29, 1.82) is 0 Å². The lowest BCUT2D eigenvalue weighted by Crippen LogP contribution is -2.49. The smallest absolute Gasteiger partial charge is 0.0991 e. The van der Waals surface area contributed by atoms with E-state index in [2.05, 4.69) is 39.1 Å². The number of para-hydroxylation sites is 1. The highest BCUT2D eigenvalue weighted by Crippen LogP contribution is 2.34. The zero-order valence-corrected chi connectivity index (χ0v) is 14.0. The molecule has 0 amide bonds. The Bertz CT molecular complexity index is 645. The molecular formula is C19H25N3O2. The van der Waals surface area contributed by atoms with Crippen LogP contribution in [0.4, 0.5) is 0 Å². The summed E-state index contributed by atoms with van der Waals surface area (Å²) in [6.45, 7) is 3.37. The van der Waals surface area contributed by atoms with Crippen molar-refractivity contribution in [2.24, 2.45) is 0 Å². The van der Waals surface area contributed by atoms with E-state index in [0.717, 1.165) is 52.0 Å². The van der Waals surface area contributed by atoms with Gasteiger partial charge in [-0.15, -0.1) is 0 Å². The Kier molecular flexibility index (Phi) is 4.65. The maximum absolute atomic E-state index is 6.14. The largest absolute Gasteiger partial charge is 0.381 e. The molecule has 0 radical (unpaired) electrons. The Balaban J connectivity index is 1.42. The van der Waals surface area contributed by atoms with E-state index in [-0.39, 0.29) is 5.60 Å². The number of nitrogens with zero attached hydrogens (tertiary/aromatic N) is 2. The fourth-order valence-corrected chi connectivity index (χ4v) is 3.86. The van der Waals surface area contributed by atoms with Crippen molar-refractivity contribution in [2.45, 2.75) is 43.9 Å². The van der Waals surface area contributed by atoms with Crippen LogP contribution in [0.5, 0.6) is 0 Å². The number of rotatable bonds is 4. The maximum atomic E-state index is 6.14. The average molecular weight is 327 g/mol. The Labute approximate surface area is 143 Å². The molecule has 0 saturated carbocycles. The van der Waals surface area contributed by atoms with Crippen LogP contribution in [-0.4, -0.2) is 41.0 Å². The molecule has 4 rings (SSSR count). The van der Waals surface area contributed by atoms with Crippen LogP contribution in [0.15, 0.2) is 43.0 Å². The van der Waals surface area contributed by atoms with Gasteiger partial charge in [-0.1, -0.05) is 18.2 Å². The molecule has 24 heavy (non-hydrogen) atoms. The van der Waals surface area contributed by atoms with Gasteiger partial charge in [-0.25, -0.2) is 4.98 Å². The predicted octanol–water partition coefficient (Wildman–Crippen LogP) is 2.69. The minimum Gasteiger partial charge on any atom is -0.381 e. The van der Waals surface area contributed by atoms with Crippen LogP contribution < -0.4 is 5.32 Å². The summed E-state index contributed by atoms with van der Waals surface area (Å²) in [6, 6.07) is 9.01. The monoisotopic (exact) mass is 327 g/mol. The summed E-state index contributed by atoms with van der Waals surface area (Å²) in [6.07, 6.45) is 9.87. The van der Waals surface area contributed by atoms with Gasteiger partial charge in [0.2, 0.25) is 0 Å². The maximum Gasteiger partial charge on any atom is 0.0991 e. The second kappa shape index (κ2) is 7.05. The van der Waals surface area contributed by atoms with E-state index in [9.17, 15) is 0 Å². The number of benzene rings is 1. The third kappa shape index (κ3) is 3.38. The third-order valence-corrected chi connectivity index (χ3v) is 5.25. The summed E-state index contributed by atoms with van der Waals surface area (Å²) in [4.78, 5) is 4.16. The molecule has 5 heteroatoms. The average Bonchev–Trinajstić information content (AvgIpc) is 3.15. The number of aromatic nitrogens is 2. The first-order chi connectivity index (χ1) is 11.8. The molecule has 128 valence electrons. The molecule has 1 aromatic heterocycles. The lowest BCUT2D eigenvalue weighted by molar-refractivity contribution is -0.140. The van der Waals surface area contributed by atoms with Gasteiger partial charge in [-0.05, 0) is 37.3 Å². The first kappa shape index (κ1) is 15.8. The second-order valence-corrected chi connectivity index (χ2v) is 6.81. The van der Waals surface area contributed by atoms with E-state index >= 15 is 0 Å². The molecule has 2 aromatic rings. The molecule has 0 aliphatic carbocycles. The second-order valence-electron chi connectivity index (χ2n) is 6.81. The highest BCUT2D eigenvalue weighted by molar-refractivity contribution is 5.40. The highest BCUT2D eigenvalue weighted by atomic mass is 16.5. The molecule has 5 nitrogen and oxygen atoms in total. The Morgan fingerprint density at radius 3 is 2.92 bits per heavy atom. The fraction of sp³-hybridized carbons (Fsp3) is 0.526. The van der Waals surface area contributed by atoms with Gasteiger partial charge in [0.1, 0.15) is 0 Å². The molecule has 2 aliphatic heterocycles. The van der Waals surface area contributed by atoms with Crippen LogP contribution in [0.2, 0.25) is 0 Å². The van der Waals surface area contributed by atoms with Gasteiger partial charge in [0.05, 0.1) is 17.6 Å². The van der Waals surface area contributed by atoms with Crippen LogP contribution in [0.25, 0.3) is 5.69 Å². The minimum atomic E-state index is 0.0397. The summed E-state index contributed by atoms with van der Waals surface area (Å²) in [5.74, 6) is 0. The van der Waals surface area contributed by atoms with E-state index in [1.807, 2.05) is 18.7 Å². The molecule has 1 spiro atoms. The van der Waals surface area contributed by atoms with E-state index in [0.29, 0.717) is 6.04 Å². The molecule has 2 fully saturated rings. The van der Waals surface area contributed by atoms with Gasteiger partial charge in [-0.3, -0.25) is 0 Å². The molecule has 0 bridgehead atoms. The molecular weight excluding hydrogens is 302 g/mol. The van der Waals surface area contributed by atoms with Gasteiger partial charge in [-0.2, -0.15) is 0 Å². The van der Waals surface area contributed by atoms with Crippen molar-refractivity contribution in [2.75, 3.05) is 19.8 Å². The molecule has 2 aliphatic rings. The zero-order chi connectivity index (χ0) is 16.2. The lowest BCUT2D eigenvalue weighted by atomic mass is 9.84. The summed E-state index contributed by atoms with van der Waals surface area (Å²) >= 11 is 0. The molecule has 3 heterocycles. The Hall–Kier alpha value is -1.69. The molecule has 1 aromatic carbocycles. The summed E-state index contributed by atoms with van der Waals surface area (Å²) in [5, 5.41) is 3.76. The van der Waals surface area contributed by atoms with E-state index in [1.54, 1.807) is 0 Å². The Morgan fingerprint density at radius 2 is 2.08 bits per heavy atom. The van der Waals surface area contributed by atoms with Gasteiger partial charge in [0, 0.05) is 44.8 Å². The Morgan fingerprint density at radius 1 is 1.21 bits per heavy atom. The molecule has 1 unspecified atom stereocenters. The predicted molar refractivity (Wildman–Crippen MR) is 92.2 cm³/mol. The molecule has 1 atom stereocenters. The SMILES string of the molecule is c1ccc(-n2ccnc2)c(CNC2CCOC3(CCOCC3)C2)c1. The topological polar surface area (TPSA) is 48.3 Å². The third-order valence-electron chi connectivity index (χ3n) is 5.25. The van der Waals surface area contributed by atoms with Gasteiger partial charge < -0.3 is 19.4 Å². The van der Waals surface area contributed by atoms with Crippen molar-refractivity contribution in [3.05, 3.63) is 48.5 Å². The van der Waals surface area contributed by atoms with Crippen molar-refractivity contribution < 1.29 is 9.47 Å². The van der Waals surface area contributed by atoms with Crippen LogP contribution in [-0.2, 0) is 16.0 Å². The van der Waals surface area contributed by atoms with Gasteiger partial charge in [0.25, 0.3) is 0 Å². The van der Waals surface area contributed by atoms with Crippen molar-refractivity contribution >= 4 is 0 Å². The first-order valence-electron chi connectivity index (χ1n) is 8.86.